The minimum absolute atomic E-state index is 0.00716. The minimum atomic E-state index is -4.49. The van der Waals surface area contributed by atoms with Crippen LogP contribution in [-0.2, 0) is 10.9 Å². The van der Waals surface area contributed by atoms with Crippen molar-refractivity contribution < 1.29 is 22.7 Å². The zero-order valence-corrected chi connectivity index (χ0v) is 12.7. The van der Waals surface area contributed by atoms with Gasteiger partial charge in [-0.2, -0.15) is 13.2 Å². The molecular weight excluding hydrogens is 297 g/mol. The lowest BCUT2D eigenvalue weighted by Gasteiger charge is -2.19. The topological polar surface area (TPSA) is 51.2 Å². The second-order valence-corrected chi connectivity index (χ2v) is 5.56. The summed E-state index contributed by atoms with van der Waals surface area (Å²) in [4.78, 5) is 14.7. The molecule has 0 aliphatic carbocycles. The monoisotopic (exact) mass is 316 g/mol. The molecule has 22 heavy (non-hydrogen) atoms. The van der Waals surface area contributed by atoms with Crippen LogP contribution in [0.15, 0.2) is 24.4 Å². The molecule has 1 heterocycles. The number of ether oxygens (including phenoxy) is 1. The number of hydrogen-bond donors (Lipinski definition) is 1. The SMILES string of the molecule is CC(C)(C)OC(=O)NCCC=Cc1cccnc1C(F)(F)F. The average molecular weight is 316 g/mol. The van der Waals surface area contributed by atoms with Gasteiger partial charge in [0, 0.05) is 18.3 Å². The molecule has 4 nitrogen and oxygen atoms in total. The fourth-order valence-electron chi connectivity index (χ4n) is 1.57. The van der Waals surface area contributed by atoms with Crippen molar-refractivity contribution in [2.24, 2.45) is 0 Å². The maximum absolute atomic E-state index is 12.7. The molecule has 1 amide bonds. The third kappa shape index (κ3) is 6.60. The Bertz CT molecular complexity index is 534. The molecule has 0 bridgehead atoms. The number of alkyl halides is 3. The number of hydrogen-bond acceptors (Lipinski definition) is 3. The van der Waals surface area contributed by atoms with Gasteiger partial charge in [-0.25, -0.2) is 4.79 Å². The van der Waals surface area contributed by atoms with Crippen LogP contribution in [0.1, 0.15) is 38.4 Å². The van der Waals surface area contributed by atoms with E-state index < -0.39 is 23.6 Å². The van der Waals surface area contributed by atoms with E-state index in [4.69, 9.17) is 4.74 Å². The number of carbonyl (C=O) groups excluding carboxylic acids is 1. The molecule has 1 N–H and O–H groups in total. The fraction of sp³-hybridized carbons (Fsp3) is 0.467. The van der Waals surface area contributed by atoms with E-state index in [1.54, 1.807) is 26.8 Å². The van der Waals surface area contributed by atoms with Crippen molar-refractivity contribution in [3.8, 4) is 0 Å². The van der Waals surface area contributed by atoms with Gasteiger partial charge in [0.2, 0.25) is 0 Å². The lowest BCUT2D eigenvalue weighted by molar-refractivity contribution is -0.141. The lowest BCUT2D eigenvalue weighted by atomic mass is 10.1. The molecule has 1 aromatic heterocycles. The molecular formula is C15H19F3N2O2. The van der Waals surface area contributed by atoms with E-state index in [1.165, 1.54) is 18.2 Å². The Morgan fingerprint density at radius 1 is 1.36 bits per heavy atom. The first-order valence-electron chi connectivity index (χ1n) is 6.75. The zero-order chi connectivity index (χ0) is 16.8. The Morgan fingerprint density at radius 3 is 2.64 bits per heavy atom. The third-order valence-corrected chi connectivity index (χ3v) is 2.38. The Labute approximate surface area is 127 Å². The van der Waals surface area contributed by atoms with Crippen LogP contribution in [0.4, 0.5) is 18.0 Å². The summed E-state index contributed by atoms with van der Waals surface area (Å²) in [7, 11) is 0. The van der Waals surface area contributed by atoms with Gasteiger partial charge in [-0.05, 0) is 33.3 Å². The highest BCUT2D eigenvalue weighted by molar-refractivity contribution is 5.67. The Balaban J connectivity index is 2.50. The van der Waals surface area contributed by atoms with Crippen molar-refractivity contribution in [2.45, 2.75) is 39.0 Å². The third-order valence-electron chi connectivity index (χ3n) is 2.38. The molecule has 0 unspecified atom stereocenters. The van der Waals surface area contributed by atoms with E-state index in [9.17, 15) is 18.0 Å². The minimum Gasteiger partial charge on any atom is -0.444 e. The van der Waals surface area contributed by atoms with Gasteiger partial charge in [-0.15, -0.1) is 0 Å². The van der Waals surface area contributed by atoms with Crippen molar-refractivity contribution in [3.63, 3.8) is 0 Å². The van der Waals surface area contributed by atoms with Gasteiger partial charge >= 0.3 is 12.3 Å². The predicted octanol–water partition coefficient (Wildman–Crippen LogP) is 4.03. The van der Waals surface area contributed by atoms with Crippen LogP contribution in [0, 0.1) is 0 Å². The van der Waals surface area contributed by atoms with Gasteiger partial charge < -0.3 is 10.1 Å². The number of rotatable bonds is 4. The molecule has 0 spiro atoms. The van der Waals surface area contributed by atoms with E-state index in [2.05, 4.69) is 10.3 Å². The molecule has 0 saturated heterocycles. The van der Waals surface area contributed by atoms with Crippen molar-refractivity contribution in [3.05, 3.63) is 35.7 Å². The molecule has 1 rings (SSSR count). The quantitative estimate of drug-likeness (QED) is 0.853. The first kappa shape index (κ1) is 18.0. The molecule has 0 saturated carbocycles. The molecule has 0 radical (unpaired) electrons. The molecule has 0 aliphatic heterocycles. The van der Waals surface area contributed by atoms with Gasteiger partial charge in [0.15, 0.2) is 5.69 Å². The maximum atomic E-state index is 12.7. The van der Waals surface area contributed by atoms with E-state index in [0.717, 1.165) is 6.20 Å². The van der Waals surface area contributed by atoms with Gasteiger partial charge in [0.25, 0.3) is 0 Å². The van der Waals surface area contributed by atoms with E-state index in [1.807, 2.05) is 0 Å². The Kier molecular flexibility index (Phi) is 5.96. The first-order valence-corrected chi connectivity index (χ1v) is 6.75. The Hall–Kier alpha value is -2.05. The summed E-state index contributed by atoms with van der Waals surface area (Å²) in [6.07, 6.45) is -0.681. The Morgan fingerprint density at radius 2 is 2.05 bits per heavy atom. The van der Waals surface area contributed by atoms with Crippen LogP contribution in [0.5, 0.6) is 0 Å². The molecule has 7 heteroatoms. The number of aromatic nitrogens is 1. The van der Waals surface area contributed by atoms with E-state index >= 15 is 0 Å². The van der Waals surface area contributed by atoms with Crippen LogP contribution >= 0.6 is 0 Å². The molecule has 0 atom stereocenters. The van der Waals surface area contributed by atoms with E-state index in [0.29, 0.717) is 6.42 Å². The van der Waals surface area contributed by atoms with Gasteiger partial charge in [-0.1, -0.05) is 18.2 Å². The summed E-state index contributed by atoms with van der Waals surface area (Å²) < 4.78 is 43.2. The number of nitrogens with one attached hydrogen (secondary N) is 1. The zero-order valence-electron chi connectivity index (χ0n) is 12.7. The highest BCUT2D eigenvalue weighted by Gasteiger charge is 2.34. The van der Waals surface area contributed by atoms with Crippen LogP contribution in [0.25, 0.3) is 6.08 Å². The highest BCUT2D eigenvalue weighted by Crippen LogP contribution is 2.30. The second kappa shape index (κ2) is 7.29. The lowest BCUT2D eigenvalue weighted by Crippen LogP contribution is -2.32. The molecule has 0 aliphatic rings. The summed E-state index contributed by atoms with van der Waals surface area (Å²) in [5, 5.41) is 2.52. The maximum Gasteiger partial charge on any atom is 0.433 e. The van der Waals surface area contributed by atoms with Crippen LogP contribution in [0.3, 0.4) is 0 Å². The number of carbonyl (C=O) groups is 1. The summed E-state index contributed by atoms with van der Waals surface area (Å²) in [5.41, 5.74) is -1.52. The smallest absolute Gasteiger partial charge is 0.433 e. The highest BCUT2D eigenvalue weighted by atomic mass is 19.4. The van der Waals surface area contributed by atoms with Gasteiger partial charge in [0.05, 0.1) is 0 Å². The first-order chi connectivity index (χ1) is 10.1. The van der Waals surface area contributed by atoms with Crippen LogP contribution in [0.2, 0.25) is 0 Å². The largest absolute Gasteiger partial charge is 0.444 e. The molecule has 1 aromatic rings. The van der Waals surface area contributed by atoms with Crippen molar-refractivity contribution in [1.82, 2.24) is 10.3 Å². The summed E-state index contributed by atoms with van der Waals surface area (Å²) in [5.74, 6) is 0. The van der Waals surface area contributed by atoms with Gasteiger partial charge in [-0.3, -0.25) is 4.98 Å². The van der Waals surface area contributed by atoms with Crippen molar-refractivity contribution >= 4 is 12.2 Å². The number of halogens is 3. The fourth-order valence-corrected chi connectivity index (χ4v) is 1.57. The summed E-state index contributed by atoms with van der Waals surface area (Å²) >= 11 is 0. The summed E-state index contributed by atoms with van der Waals surface area (Å²) in [6, 6.07) is 2.78. The van der Waals surface area contributed by atoms with E-state index in [-0.39, 0.29) is 12.1 Å². The predicted molar refractivity (Wildman–Crippen MR) is 77.1 cm³/mol. The normalized spacial score (nSPS) is 12.5. The second-order valence-electron chi connectivity index (χ2n) is 5.56. The molecule has 0 aromatic carbocycles. The summed E-state index contributed by atoms with van der Waals surface area (Å²) in [6.45, 7) is 5.50. The molecule has 122 valence electrons. The average Bonchev–Trinajstić information content (AvgIpc) is 2.35. The number of pyridine rings is 1. The van der Waals surface area contributed by atoms with Crippen LogP contribution < -0.4 is 5.32 Å². The van der Waals surface area contributed by atoms with Gasteiger partial charge in [0.1, 0.15) is 5.60 Å². The van der Waals surface area contributed by atoms with Crippen molar-refractivity contribution in [2.75, 3.05) is 6.54 Å². The number of nitrogens with zero attached hydrogens (tertiary/aromatic N) is 1. The van der Waals surface area contributed by atoms with Crippen molar-refractivity contribution in [1.29, 1.82) is 0 Å². The number of amides is 1. The molecule has 0 fully saturated rings. The number of alkyl carbamates (subject to hydrolysis) is 1. The van der Waals surface area contributed by atoms with Crippen LogP contribution in [-0.4, -0.2) is 23.2 Å². The standard InChI is InChI=1S/C15H19F3N2O2/c1-14(2,3)22-13(21)20-9-5-4-7-11-8-6-10-19-12(11)15(16,17)18/h4,6-8,10H,5,9H2,1-3H3,(H,20,21).